The minimum absolute atomic E-state index is 0.0173. The summed E-state index contributed by atoms with van der Waals surface area (Å²) in [7, 11) is 0. The van der Waals surface area contributed by atoms with E-state index in [0.29, 0.717) is 11.3 Å². The number of cyclic esters (lactones) is 1. The summed E-state index contributed by atoms with van der Waals surface area (Å²) >= 11 is 4.99. The van der Waals surface area contributed by atoms with Gasteiger partial charge in [-0.25, -0.2) is 4.79 Å². The summed E-state index contributed by atoms with van der Waals surface area (Å²) in [6.07, 6.45) is 0.275. The van der Waals surface area contributed by atoms with Crippen molar-refractivity contribution in [3.8, 4) is 0 Å². The van der Waals surface area contributed by atoms with Crippen molar-refractivity contribution < 1.29 is 14.3 Å². The second-order valence-electron chi connectivity index (χ2n) is 5.46. The van der Waals surface area contributed by atoms with Gasteiger partial charge in [0.15, 0.2) is 0 Å². The fourth-order valence-electron chi connectivity index (χ4n) is 3.13. The Morgan fingerprint density at radius 1 is 1.26 bits per heavy atom. The van der Waals surface area contributed by atoms with E-state index < -0.39 is 0 Å². The van der Waals surface area contributed by atoms with Gasteiger partial charge in [-0.15, -0.1) is 0 Å². The molecular weight excluding hydrogens is 378 g/mol. The maximum Gasteiger partial charge on any atom is 0.336 e. The lowest BCUT2D eigenvalue weighted by molar-refractivity contribution is -0.136. The van der Waals surface area contributed by atoms with Crippen LogP contribution in [0.15, 0.2) is 56.8 Å². The third kappa shape index (κ3) is 2.42. The molecule has 0 fully saturated rings. The van der Waals surface area contributed by atoms with E-state index in [9.17, 15) is 9.59 Å². The van der Waals surface area contributed by atoms with Gasteiger partial charge in [0.05, 0.1) is 11.3 Å². The molecule has 1 aromatic heterocycles. The van der Waals surface area contributed by atoms with Crippen molar-refractivity contribution in [1.29, 1.82) is 0 Å². The zero-order valence-electron chi connectivity index (χ0n) is 12.0. The van der Waals surface area contributed by atoms with E-state index in [-0.39, 0.29) is 30.8 Å². The number of carbonyl (C=O) groups is 2. The number of hydrogen-bond acceptors (Lipinski definition) is 4. The summed E-state index contributed by atoms with van der Waals surface area (Å²) in [5.41, 5.74) is 3.03. The summed E-state index contributed by atoms with van der Waals surface area (Å²) in [4.78, 5) is 26.6. The van der Waals surface area contributed by atoms with E-state index in [1.807, 2.05) is 41.1 Å². The van der Waals surface area contributed by atoms with Crippen molar-refractivity contribution in [2.75, 3.05) is 11.5 Å². The third-order valence-corrected chi connectivity index (χ3v) is 5.32. The topological polar surface area (TPSA) is 46.6 Å². The molecule has 2 aromatic rings. The number of esters is 1. The normalized spacial score (nSPS) is 20.7. The number of thiophene rings is 1. The smallest absolute Gasteiger partial charge is 0.336 e. The molecule has 4 rings (SSSR count). The Morgan fingerprint density at radius 2 is 2.13 bits per heavy atom. The van der Waals surface area contributed by atoms with E-state index >= 15 is 0 Å². The molecule has 6 heteroatoms. The van der Waals surface area contributed by atoms with Crippen molar-refractivity contribution in [2.24, 2.45) is 0 Å². The van der Waals surface area contributed by atoms with Crippen LogP contribution < -0.4 is 4.90 Å². The van der Waals surface area contributed by atoms with Crippen molar-refractivity contribution in [3.05, 3.63) is 62.4 Å². The average Bonchev–Trinajstić information content (AvgIpc) is 3.17. The van der Waals surface area contributed by atoms with Gasteiger partial charge in [-0.2, -0.15) is 11.3 Å². The largest absolute Gasteiger partial charge is 0.456 e. The maximum atomic E-state index is 12.8. The second-order valence-corrected chi connectivity index (χ2v) is 7.15. The number of hydrogen-bond donors (Lipinski definition) is 0. The molecule has 0 aliphatic carbocycles. The van der Waals surface area contributed by atoms with Gasteiger partial charge in [0.2, 0.25) is 5.91 Å². The lowest BCUT2D eigenvalue weighted by atomic mass is 9.85. The van der Waals surface area contributed by atoms with Crippen molar-refractivity contribution in [3.63, 3.8) is 0 Å². The highest BCUT2D eigenvalue weighted by atomic mass is 79.9. The van der Waals surface area contributed by atoms with Crippen LogP contribution in [0.2, 0.25) is 0 Å². The highest BCUT2D eigenvalue weighted by Crippen LogP contribution is 2.42. The monoisotopic (exact) mass is 389 g/mol. The number of amides is 1. The summed E-state index contributed by atoms with van der Waals surface area (Å²) < 4.78 is 6.13. The van der Waals surface area contributed by atoms with Crippen LogP contribution in [0, 0.1) is 0 Å². The molecule has 0 spiro atoms. The summed E-state index contributed by atoms with van der Waals surface area (Å²) in [6.45, 7) is 0.146. The maximum absolute atomic E-state index is 12.8. The van der Waals surface area contributed by atoms with E-state index in [1.54, 1.807) is 16.2 Å². The van der Waals surface area contributed by atoms with Gasteiger partial charge in [0, 0.05) is 22.5 Å². The number of benzene rings is 1. The fourth-order valence-corrected chi connectivity index (χ4v) is 4.23. The fraction of sp³-hybridized carbons (Fsp3) is 0.176. The van der Waals surface area contributed by atoms with E-state index in [1.165, 1.54) is 0 Å². The third-order valence-electron chi connectivity index (χ3n) is 4.13. The molecular formula is C17H12BrNO3S. The first-order valence-corrected chi connectivity index (χ1v) is 8.89. The Labute approximate surface area is 145 Å². The molecule has 0 saturated heterocycles. The van der Waals surface area contributed by atoms with E-state index in [4.69, 9.17) is 4.74 Å². The molecule has 116 valence electrons. The number of nitrogens with zero attached hydrogens (tertiary/aromatic N) is 1. The predicted octanol–water partition coefficient (Wildman–Crippen LogP) is 3.84. The minimum atomic E-state index is -0.316. The molecule has 23 heavy (non-hydrogen) atoms. The van der Waals surface area contributed by atoms with Crippen LogP contribution in [-0.2, 0) is 14.3 Å². The summed E-state index contributed by atoms with van der Waals surface area (Å²) in [5, 5.41) is 3.95. The Balaban J connectivity index is 1.85. The molecule has 2 aliphatic rings. The van der Waals surface area contributed by atoms with Crippen molar-refractivity contribution in [1.82, 2.24) is 0 Å². The number of ether oxygens (including phenoxy) is 1. The molecule has 1 unspecified atom stereocenters. The van der Waals surface area contributed by atoms with Crippen molar-refractivity contribution >= 4 is 44.8 Å². The molecule has 1 atom stereocenters. The van der Waals surface area contributed by atoms with Gasteiger partial charge >= 0.3 is 5.97 Å². The van der Waals surface area contributed by atoms with E-state index in [0.717, 1.165) is 15.7 Å². The minimum Gasteiger partial charge on any atom is -0.456 e. The Hall–Kier alpha value is -1.92. The lowest BCUT2D eigenvalue weighted by Crippen LogP contribution is -2.37. The quantitative estimate of drug-likeness (QED) is 0.732. The van der Waals surface area contributed by atoms with Gasteiger partial charge in [-0.05, 0) is 40.6 Å². The SMILES string of the molecule is O=C1OCC2=C1C(c1ccsc1)CC(=O)N2c1cccc(Br)c1. The number of carbonyl (C=O) groups excluding carboxylic acids is 2. The molecule has 0 saturated carbocycles. The first-order chi connectivity index (χ1) is 11.1. The predicted molar refractivity (Wildman–Crippen MR) is 91.3 cm³/mol. The summed E-state index contributed by atoms with van der Waals surface area (Å²) in [6, 6.07) is 9.47. The number of anilines is 1. The number of halogens is 1. The standard InChI is InChI=1S/C17H12BrNO3S/c18-11-2-1-3-12(6-11)19-14-8-22-17(21)16(14)13(7-15(19)20)10-4-5-23-9-10/h1-6,9,13H,7-8H2. The molecule has 0 N–H and O–H groups in total. The molecule has 1 amide bonds. The van der Waals surface area contributed by atoms with Gasteiger partial charge in [-0.3, -0.25) is 9.69 Å². The zero-order valence-corrected chi connectivity index (χ0v) is 14.4. The molecule has 1 aromatic carbocycles. The van der Waals surface area contributed by atoms with Crippen LogP contribution in [0.4, 0.5) is 5.69 Å². The first-order valence-electron chi connectivity index (χ1n) is 7.16. The molecule has 2 aliphatic heterocycles. The first kappa shape index (κ1) is 14.7. The Kier molecular flexibility index (Phi) is 3.58. The lowest BCUT2D eigenvalue weighted by Gasteiger charge is -2.31. The highest BCUT2D eigenvalue weighted by Gasteiger charge is 2.43. The molecule has 0 bridgehead atoms. The van der Waals surface area contributed by atoms with Gasteiger partial charge in [0.25, 0.3) is 0 Å². The van der Waals surface area contributed by atoms with Crippen LogP contribution in [0.25, 0.3) is 0 Å². The molecule has 0 radical (unpaired) electrons. The van der Waals surface area contributed by atoms with Crippen LogP contribution in [-0.4, -0.2) is 18.5 Å². The van der Waals surface area contributed by atoms with Crippen molar-refractivity contribution in [2.45, 2.75) is 12.3 Å². The van der Waals surface area contributed by atoms with Gasteiger partial charge in [0.1, 0.15) is 6.61 Å². The second kappa shape index (κ2) is 5.62. The van der Waals surface area contributed by atoms with Gasteiger partial charge in [-0.1, -0.05) is 22.0 Å². The van der Waals surface area contributed by atoms with Crippen LogP contribution in [0.5, 0.6) is 0 Å². The van der Waals surface area contributed by atoms with E-state index in [2.05, 4.69) is 15.9 Å². The zero-order chi connectivity index (χ0) is 16.0. The highest BCUT2D eigenvalue weighted by molar-refractivity contribution is 9.10. The molecule has 4 nitrogen and oxygen atoms in total. The Bertz CT molecular complexity index is 828. The summed E-state index contributed by atoms with van der Waals surface area (Å²) in [5.74, 6) is -0.540. The molecule has 3 heterocycles. The Morgan fingerprint density at radius 3 is 2.87 bits per heavy atom. The van der Waals surface area contributed by atoms with Crippen LogP contribution in [0.1, 0.15) is 17.9 Å². The number of rotatable bonds is 2. The average molecular weight is 390 g/mol. The van der Waals surface area contributed by atoms with Crippen LogP contribution >= 0.6 is 27.3 Å². The van der Waals surface area contributed by atoms with Gasteiger partial charge < -0.3 is 4.74 Å². The van der Waals surface area contributed by atoms with Crippen LogP contribution in [0.3, 0.4) is 0 Å².